The molecule has 30 heavy (non-hydrogen) atoms. The maximum Gasteiger partial charge on any atom is 0.259 e. The number of amides is 1. The minimum atomic E-state index is -0.242. The van der Waals surface area contributed by atoms with Crippen LogP contribution in [0.5, 0.6) is 11.5 Å². The number of para-hydroxylation sites is 1. The summed E-state index contributed by atoms with van der Waals surface area (Å²) in [5.41, 5.74) is 3.43. The second kappa shape index (κ2) is 8.53. The van der Waals surface area contributed by atoms with Crippen molar-refractivity contribution in [2.75, 3.05) is 19.5 Å². The Balaban J connectivity index is 1.71. The van der Waals surface area contributed by atoms with E-state index in [1.807, 2.05) is 54.6 Å². The molecule has 0 radical (unpaired) electrons. The van der Waals surface area contributed by atoms with Crippen LogP contribution in [-0.4, -0.2) is 29.9 Å². The number of ether oxygens (including phenoxy) is 2. The van der Waals surface area contributed by atoms with Gasteiger partial charge in [0.15, 0.2) is 0 Å². The summed E-state index contributed by atoms with van der Waals surface area (Å²) in [7, 11) is 3.22. The molecule has 0 atom stereocenters. The zero-order valence-corrected chi connectivity index (χ0v) is 16.7. The first-order valence-corrected chi connectivity index (χ1v) is 9.43. The molecule has 1 amide bonds. The number of nitrogens with zero attached hydrogens (tertiary/aromatic N) is 2. The van der Waals surface area contributed by atoms with Gasteiger partial charge in [0, 0.05) is 17.4 Å². The lowest BCUT2D eigenvalue weighted by Gasteiger charge is -2.07. The van der Waals surface area contributed by atoms with Gasteiger partial charge < -0.3 is 14.8 Å². The van der Waals surface area contributed by atoms with Crippen LogP contribution in [0, 0.1) is 0 Å². The maximum absolute atomic E-state index is 13.1. The Labute approximate surface area is 174 Å². The van der Waals surface area contributed by atoms with Crippen LogP contribution in [0.3, 0.4) is 0 Å². The van der Waals surface area contributed by atoms with Crippen molar-refractivity contribution in [3.63, 3.8) is 0 Å². The van der Waals surface area contributed by atoms with Crippen LogP contribution in [0.4, 0.5) is 5.69 Å². The van der Waals surface area contributed by atoms with Crippen molar-refractivity contribution < 1.29 is 14.3 Å². The second-order valence-electron chi connectivity index (χ2n) is 6.58. The number of rotatable bonds is 6. The molecule has 6 nitrogen and oxygen atoms in total. The molecule has 0 saturated carbocycles. The first kappa shape index (κ1) is 19.3. The number of anilines is 1. The van der Waals surface area contributed by atoms with Gasteiger partial charge in [-0.25, -0.2) is 4.68 Å². The lowest BCUT2D eigenvalue weighted by Crippen LogP contribution is -2.12. The second-order valence-corrected chi connectivity index (χ2v) is 6.58. The molecule has 1 aromatic heterocycles. The number of carbonyl (C=O) groups is 1. The average molecular weight is 399 g/mol. The predicted molar refractivity (Wildman–Crippen MR) is 116 cm³/mol. The summed E-state index contributed by atoms with van der Waals surface area (Å²) in [6.07, 6.45) is 1.74. The Hall–Kier alpha value is -4.06. The maximum atomic E-state index is 13.1. The number of nitrogens with one attached hydrogen (secondary N) is 1. The third-order valence-corrected chi connectivity index (χ3v) is 4.69. The molecule has 6 heteroatoms. The van der Waals surface area contributed by atoms with Crippen LogP contribution in [-0.2, 0) is 0 Å². The van der Waals surface area contributed by atoms with E-state index < -0.39 is 0 Å². The zero-order valence-electron chi connectivity index (χ0n) is 16.7. The molecule has 0 aliphatic carbocycles. The standard InChI is InChI=1S/C24H21N3O3/c1-29-20-12-8-17(9-13-20)23-22(16-27(26-23)19-6-4-3-5-7-19)24(28)25-18-10-14-21(30-2)15-11-18/h3-16H,1-2H3,(H,25,28). The van der Waals surface area contributed by atoms with Crippen molar-refractivity contribution in [3.8, 4) is 28.4 Å². The molecule has 4 rings (SSSR count). The normalized spacial score (nSPS) is 10.5. The number of hydrogen-bond donors (Lipinski definition) is 1. The molecule has 0 bridgehead atoms. The third kappa shape index (κ3) is 4.03. The van der Waals surface area contributed by atoms with Crippen molar-refractivity contribution in [1.29, 1.82) is 0 Å². The van der Waals surface area contributed by atoms with E-state index >= 15 is 0 Å². The van der Waals surface area contributed by atoms with Gasteiger partial charge in [-0.1, -0.05) is 18.2 Å². The van der Waals surface area contributed by atoms with E-state index in [1.54, 1.807) is 49.4 Å². The number of carbonyl (C=O) groups excluding carboxylic acids is 1. The van der Waals surface area contributed by atoms with Crippen LogP contribution >= 0.6 is 0 Å². The van der Waals surface area contributed by atoms with E-state index in [9.17, 15) is 4.79 Å². The molecular formula is C24H21N3O3. The first-order chi connectivity index (χ1) is 14.7. The monoisotopic (exact) mass is 399 g/mol. The highest BCUT2D eigenvalue weighted by Gasteiger charge is 2.19. The Morgan fingerprint density at radius 1 is 0.833 bits per heavy atom. The number of benzene rings is 3. The molecule has 0 aliphatic heterocycles. The molecule has 0 spiro atoms. The molecule has 0 saturated heterocycles. The molecule has 1 heterocycles. The van der Waals surface area contributed by atoms with Gasteiger partial charge in [-0.05, 0) is 60.7 Å². The molecule has 3 aromatic carbocycles. The van der Waals surface area contributed by atoms with Crippen LogP contribution in [0.2, 0.25) is 0 Å². The summed E-state index contributed by atoms with van der Waals surface area (Å²) < 4.78 is 12.1. The van der Waals surface area contributed by atoms with Crippen LogP contribution in [0.25, 0.3) is 16.9 Å². The van der Waals surface area contributed by atoms with Gasteiger partial charge in [0.1, 0.15) is 17.2 Å². The molecule has 0 unspecified atom stereocenters. The van der Waals surface area contributed by atoms with Gasteiger partial charge in [0.2, 0.25) is 0 Å². The van der Waals surface area contributed by atoms with Crippen molar-refractivity contribution in [3.05, 3.63) is 90.6 Å². The molecule has 0 aliphatic rings. The summed E-state index contributed by atoms with van der Waals surface area (Å²) in [5.74, 6) is 1.22. The van der Waals surface area contributed by atoms with Gasteiger partial charge in [-0.15, -0.1) is 0 Å². The van der Waals surface area contributed by atoms with Crippen LogP contribution in [0.1, 0.15) is 10.4 Å². The highest BCUT2D eigenvalue weighted by molar-refractivity contribution is 6.08. The van der Waals surface area contributed by atoms with Gasteiger partial charge in [0.25, 0.3) is 5.91 Å². The zero-order chi connectivity index (χ0) is 20.9. The summed E-state index contributed by atoms with van der Waals surface area (Å²) in [4.78, 5) is 13.1. The lowest BCUT2D eigenvalue weighted by molar-refractivity contribution is 0.102. The fourth-order valence-corrected chi connectivity index (χ4v) is 3.09. The molecule has 1 N–H and O–H groups in total. The van der Waals surface area contributed by atoms with E-state index in [0.29, 0.717) is 16.9 Å². The quantitative estimate of drug-likeness (QED) is 0.505. The molecule has 150 valence electrons. The molecule has 0 fully saturated rings. The largest absolute Gasteiger partial charge is 0.497 e. The number of aromatic nitrogens is 2. The van der Waals surface area contributed by atoms with Crippen LogP contribution in [0.15, 0.2) is 85.1 Å². The van der Waals surface area contributed by atoms with Gasteiger partial charge in [-0.3, -0.25) is 4.79 Å². The van der Waals surface area contributed by atoms with Gasteiger partial charge in [0.05, 0.1) is 25.5 Å². The van der Waals surface area contributed by atoms with E-state index in [1.165, 1.54) is 0 Å². The number of hydrogen-bond acceptors (Lipinski definition) is 4. The van der Waals surface area contributed by atoms with E-state index in [4.69, 9.17) is 14.6 Å². The van der Waals surface area contributed by atoms with E-state index in [0.717, 1.165) is 22.7 Å². The fourth-order valence-electron chi connectivity index (χ4n) is 3.09. The van der Waals surface area contributed by atoms with E-state index in [-0.39, 0.29) is 5.91 Å². The Kier molecular flexibility index (Phi) is 5.48. The van der Waals surface area contributed by atoms with Gasteiger partial charge in [-0.2, -0.15) is 5.10 Å². The highest BCUT2D eigenvalue weighted by atomic mass is 16.5. The third-order valence-electron chi connectivity index (χ3n) is 4.69. The van der Waals surface area contributed by atoms with Crippen molar-refractivity contribution in [2.24, 2.45) is 0 Å². The average Bonchev–Trinajstić information content (AvgIpc) is 3.26. The topological polar surface area (TPSA) is 65.4 Å². The summed E-state index contributed by atoms with van der Waals surface area (Å²) in [6, 6.07) is 24.4. The first-order valence-electron chi connectivity index (χ1n) is 9.43. The Morgan fingerprint density at radius 2 is 1.43 bits per heavy atom. The van der Waals surface area contributed by atoms with Gasteiger partial charge >= 0.3 is 0 Å². The molecular weight excluding hydrogens is 378 g/mol. The fraction of sp³-hybridized carbons (Fsp3) is 0.0833. The van der Waals surface area contributed by atoms with Crippen molar-refractivity contribution in [2.45, 2.75) is 0 Å². The Morgan fingerprint density at radius 3 is 2.03 bits per heavy atom. The SMILES string of the molecule is COc1ccc(NC(=O)c2cn(-c3ccccc3)nc2-c2ccc(OC)cc2)cc1. The van der Waals surface area contributed by atoms with E-state index in [2.05, 4.69) is 5.32 Å². The minimum Gasteiger partial charge on any atom is -0.497 e. The van der Waals surface area contributed by atoms with Crippen molar-refractivity contribution >= 4 is 11.6 Å². The summed E-state index contributed by atoms with van der Waals surface area (Å²) in [5, 5.41) is 7.63. The minimum absolute atomic E-state index is 0.242. The summed E-state index contributed by atoms with van der Waals surface area (Å²) >= 11 is 0. The predicted octanol–water partition coefficient (Wildman–Crippen LogP) is 4.81. The number of methoxy groups -OCH3 is 2. The van der Waals surface area contributed by atoms with Crippen molar-refractivity contribution in [1.82, 2.24) is 9.78 Å². The molecule has 4 aromatic rings. The van der Waals surface area contributed by atoms with Crippen LogP contribution < -0.4 is 14.8 Å². The smallest absolute Gasteiger partial charge is 0.259 e. The lowest BCUT2D eigenvalue weighted by atomic mass is 10.1. The summed E-state index contributed by atoms with van der Waals surface area (Å²) in [6.45, 7) is 0. The highest BCUT2D eigenvalue weighted by Crippen LogP contribution is 2.27. The Bertz CT molecular complexity index is 1130.